The maximum Gasteiger partial charge on any atom is 0.316 e. The van der Waals surface area contributed by atoms with Gasteiger partial charge in [0.2, 0.25) is 0 Å². The van der Waals surface area contributed by atoms with Crippen molar-refractivity contribution in [3.8, 4) is 0 Å². The minimum Gasteiger partial charge on any atom is -0.480 e. The number of benzene rings is 1. The molecular weight excluding hydrogens is 227 g/mol. The summed E-state index contributed by atoms with van der Waals surface area (Å²) in [5.41, 5.74) is 0. The first-order valence-corrected chi connectivity index (χ1v) is 5.11. The Morgan fingerprint density at radius 1 is 1.64 bits per heavy atom. The van der Waals surface area contributed by atoms with Crippen LogP contribution < -0.4 is 0 Å². The number of hydrogen-bond acceptors (Lipinski definition) is 2. The van der Waals surface area contributed by atoms with Gasteiger partial charge in [0.25, 0.3) is 0 Å². The van der Waals surface area contributed by atoms with E-state index in [4.69, 9.17) is 16.7 Å². The lowest BCUT2D eigenvalue weighted by molar-refractivity contribution is -0.136. The lowest BCUT2D eigenvalue weighted by atomic mass is 10.3. The second-order valence-corrected chi connectivity index (χ2v) is 4.49. The second-order valence-electron chi connectivity index (χ2n) is 2.67. The first kappa shape index (κ1) is 11.3. The molecule has 0 amide bonds. The summed E-state index contributed by atoms with van der Waals surface area (Å²) >= 11 is 6.59. The Hall–Kier alpha value is -0.740. The summed E-state index contributed by atoms with van der Waals surface area (Å²) in [6.07, 6.45) is 0. The molecule has 0 aliphatic heterocycles. The average molecular weight is 235 g/mol. The molecular formula is C9H8ClFO2S. The van der Waals surface area contributed by atoms with Crippen molar-refractivity contribution in [3.63, 3.8) is 0 Å². The highest BCUT2D eigenvalue weighted by Crippen LogP contribution is 2.28. The number of thioether (sulfide) groups is 1. The first-order valence-electron chi connectivity index (χ1n) is 3.85. The summed E-state index contributed by atoms with van der Waals surface area (Å²) in [5, 5.41) is 8.33. The van der Waals surface area contributed by atoms with E-state index in [0.717, 1.165) is 11.8 Å². The van der Waals surface area contributed by atoms with Crippen LogP contribution in [-0.4, -0.2) is 16.3 Å². The molecule has 1 aromatic rings. The Bertz CT molecular complexity index is 357. The summed E-state index contributed by atoms with van der Waals surface area (Å²) in [6.45, 7) is 1.49. The zero-order valence-electron chi connectivity index (χ0n) is 7.33. The van der Waals surface area contributed by atoms with E-state index in [9.17, 15) is 9.18 Å². The summed E-state index contributed by atoms with van der Waals surface area (Å²) in [4.78, 5) is 10.8. The quantitative estimate of drug-likeness (QED) is 0.817. The van der Waals surface area contributed by atoms with E-state index in [0.29, 0.717) is 5.02 Å². The van der Waals surface area contributed by atoms with Crippen LogP contribution in [0.4, 0.5) is 4.39 Å². The molecule has 76 valence electrons. The molecule has 0 aromatic heterocycles. The van der Waals surface area contributed by atoms with E-state index in [2.05, 4.69) is 0 Å². The van der Waals surface area contributed by atoms with Crippen molar-refractivity contribution in [2.75, 3.05) is 0 Å². The number of carbonyl (C=O) groups is 1. The maximum atomic E-state index is 13.1. The monoisotopic (exact) mass is 234 g/mol. The van der Waals surface area contributed by atoms with Crippen LogP contribution >= 0.6 is 23.4 Å². The van der Waals surface area contributed by atoms with Crippen molar-refractivity contribution in [2.45, 2.75) is 17.1 Å². The highest BCUT2D eigenvalue weighted by Gasteiger charge is 2.15. The van der Waals surface area contributed by atoms with Gasteiger partial charge in [0, 0.05) is 9.92 Å². The van der Waals surface area contributed by atoms with Crippen LogP contribution in [0.2, 0.25) is 5.02 Å². The molecule has 14 heavy (non-hydrogen) atoms. The van der Waals surface area contributed by atoms with E-state index >= 15 is 0 Å². The van der Waals surface area contributed by atoms with Gasteiger partial charge in [0.15, 0.2) is 0 Å². The summed E-state index contributed by atoms with van der Waals surface area (Å²) in [7, 11) is 0. The molecule has 1 aromatic carbocycles. The van der Waals surface area contributed by atoms with Gasteiger partial charge >= 0.3 is 5.97 Å². The summed E-state index contributed by atoms with van der Waals surface area (Å²) in [6, 6.07) is 4.06. The molecule has 0 saturated carbocycles. The first-order chi connectivity index (χ1) is 6.50. The van der Waals surface area contributed by atoms with Crippen molar-refractivity contribution in [1.29, 1.82) is 0 Å². The van der Waals surface area contributed by atoms with E-state index in [1.165, 1.54) is 25.1 Å². The SMILES string of the molecule is CC(Sc1cc(Cl)ccc1F)C(=O)O. The Kier molecular flexibility index (Phi) is 3.77. The van der Waals surface area contributed by atoms with Crippen molar-refractivity contribution in [1.82, 2.24) is 0 Å². The number of carboxylic acid groups (broad SMARTS) is 1. The number of rotatable bonds is 3. The molecule has 2 nitrogen and oxygen atoms in total. The third-order valence-electron chi connectivity index (χ3n) is 1.54. The van der Waals surface area contributed by atoms with Crippen molar-refractivity contribution < 1.29 is 14.3 Å². The van der Waals surface area contributed by atoms with Crippen LogP contribution in [0.15, 0.2) is 23.1 Å². The largest absolute Gasteiger partial charge is 0.480 e. The summed E-state index contributed by atoms with van der Waals surface area (Å²) < 4.78 is 13.1. The molecule has 0 fully saturated rings. The Balaban J connectivity index is 2.85. The van der Waals surface area contributed by atoms with Gasteiger partial charge in [-0.1, -0.05) is 11.6 Å². The second kappa shape index (κ2) is 4.66. The maximum absolute atomic E-state index is 13.1. The minimum absolute atomic E-state index is 0.257. The molecule has 0 saturated heterocycles. The molecule has 0 bridgehead atoms. The van der Waals surface area contributed by atoms with Crippen LogP contribution in [0.1, 0.15) is 6.92 Å². The molecule has 1 unspecified atom stereocenters. The molecule has 5 heteroatoms. The number of carboxylic acids is 1. The Morgan fingerprint density at radius 2 is 2.29 bits per heavy atom. The molecule has 0 aliphatic rings. The van der Waals surface area contributed by atoms with Crippen molar-refractivity contribution in [3.05, 3.63) is 29.0 Å². The van der Waals surface area contributed by atoms with E-state index in [-0.39, 0.29) is 4.90 Å². The lowest BCUT2D eigenvalue weighted by Crippen LogP contribution is -2.11. The smallest absolute Gasteiger partial charge is 0.316 e. The van der Waals surface area contributed by atoms with Gasteiger partial charge in [0.05, 0.1) is 0 Å². The minimum atomic E-state index is -0.977. The van der Waals surface area contributed by atoms with Gasteiger partial charge in [-0.25, -0.2) is 4.39 Å². The highest BCUT2D eigenvalue weighted by molar-refractivity contribution is 8.00. The molecule has 0 heterocycles. The van der Waals surface area contributed by atoms with Gasteiger partial charge in [-0.2, -0.15) is 0 Å². The van der Waals surface area contributed by atoms with Gasteiger partial charge in [-0.15, -0.1) is 11.8 Å². The third-order valence-corrected chi connectivity index (χ3v) is 2.90. The van der Waals surface area contributed by atoms with E-state index in [1.807, 2.05) is 0 Å². The number of halogens is 2. The molecule has 1 N–H and O–H groups in total. The fourth-order valence-corrected chi connectivity index (χ4v) is 1.90. The van der Waals surface area contributed by atoms with Crippen LogP contribution in [-0.2, 0) is 4.79 Å². The molecule has 0 aliphatic carbocycles. The van der Waals surface area contributed by atoms with E-state index in [1.54, 1.807) is 0 Å². The Labute approximate surface area is 90.1 Å². The summed E-state index contributed by atoms with van der Waals surface area (Å²) in [5.74, 6) is -1.43. The fraction of sp³-hybridized carbons (Fsp3) is 0.222. The molecule has 0 spiro atoms. The zero-order valence-corrected chi connectivity index (χ0v) is 8.90. The fourth-order valence-electron chi connectivity index (χ4n) is 0.808. The van der Waals surface area contributed by atoms with Crippen LogP contribution in [0, 0.1) is 5.82 Å². The topological polar surface area (TPSA) is 37.3 Å². The molecule has 1 rings (SSSR count). The van der Waals surface area contributed by atoms with Gasteiger partial charge < -0.3 is 5.11 Å². The average Bonchev–Trinajstić information content (AvgIpc) is 2.11. The highest BCUT2D eigenvalue weighted by atomic mass is 35.5. The lowest BCUT2D eigenvalue weighted by Gasteiger charge is -2.06. The number of aliphatic carboxylic acids is 1. The zero-order chi connectivity index (χ0) is 10.7. The van der Waals surface area contributed by atoms with Crippen molar-refractivity contribution in [2.24, 2.45) is 0 Å². The van der Waals surface area contributed by atoms with Crippen LogP contribution in [0.25, 0.3) is 0 Å². The van der Waals surface area contributed by atoms with Crippen LogP contribution in [0.5, 0.6) is 0 Å². The third kappa shape index (κ3) is 2.89. The standard InChI is InChI=1S/C9H8ClFO2S/c1-5(9(12)13)14-8-4-6(10)2-3-7(8)11/h2-5H,1H3,(H,12,13). The predicted molar refractivity (Wildman–Crippen MR) is 54.4 cm³/mol. The van der Waals surface area contributed by atoms with Crippen molar-refractivity contribution >= 4 is 29.3 Å². The normalized spacial score (nSPS) is 12.5. The van der Waals surface area contributed by atoms with Crippen LogP contribution in [0.3, 0.4) is 0 Å². The molecule has 1 atom stereocenters. The van der Waals surface area contributed by atoms with Gasteiger partial charge in [-0.3, -0.25) is 4.79 Å². The van der Waals surface area contributed by atoms with E-state index < -0.39 is 17.0 Å². The van der Waals surface area contributed by atoms with Gasteiger partial charge in [-0.05, 0) is 25.1 Å². The Morgan fingerprint density at radius 3 is 2.86 bits per heavy atom. The predicted octanol–water partition coefficient (Wildman–Crippen LogP) is 3.04. The van der Waals surface area contributed by atoms with Gasteiger partial charge in [0.1, 0.15) is 11.1 Å². The number of hydrogen-bond donors (Lipinski definition) is 1. The molecule has 0 radical (unpaired) electrons.